The van der Waals surface area contributed by atoms with Crippen molar-refractivity contribution in [2.45, 2.75) is 50.2 Å². The lowest BCUT2D eigenvalue weighted by Gasteiger charge is -2.36. The zero-order valence-corrected chi connectivity index (χ0v) is 14.8. The van der Waals surface area contributed by atoms with Crippen molar-refractivity contribution in [2.24, 2.45) is 0 Å². The molecule has 0 heterocycles. The average Bonchev–Trinajstić information content (AvgIpc) is 2.66. The molecule has 1 saturated carbocycles. The van der Waals surface area contributed by atoms with Crippen LogP contribution in [0.1, 0.15) is 48.8 Å². The predicted octanol–water partition coefficient (Wildman–Crippen LogP) is 5.36. The van der Waals surface area contributed by atoms with Crippen LogP contribution < -0.4 is 5.32 Å². The zero-order valence-electron chi connectivity index (χ0n) is 14.8. The van der Waals surface area contributed by atoms with Gasteiger partial charge < -0.3 is 5.32 Å². The molecule has 1 amide bonds. The summed E-state index contributed by atoms with van der Waals surface area (Å²) in [5.41, 5.74) is -0.728. The third-order valence-electron chi connectivity index (χ3n) is 5.21. The summed E-state index contributed by atoms with van der Waals surface area (Å²) in [5, 5.41) is 2.74. The summed E-state index contributed by atoms with van der Waals surface area (Å²) in [6.45, 7) is -0.145. The second-order valence-corrected chi connectivity index (χ2v) is 7.04. The molecule has 2 aromatic carbocycles. The Kier molecular flexibility index (Phi) is 5.53. The number of rotatable bonds is 4. The summed E-state index contributed by atoms with van der Waals surface area (Å²) in [6, 6.07) is 11.8. The van der Waals surface area contributed by atoms with Gasteiger partial charge in [-0.25, -0.2) is 4.39 Å². The number of hydrogen-bond donors (Lipinski definition) is 1. The van der Waals surface area contributed by atoms with E-state index in [1.54, 1.807) is 0 Å². The number of nitrogens with one attached hydrogen (secondary N) is 1. The summed E-state index contributed by atoms with van der Waals surface area (Å²) in [4.78, 5) is 13.0. The van der Waals surface area contributed by atoms with E-state index >= 15 is 0 Å². The van der Waals surface area contributed by atoms with Crippen molar-refractivity contribution < 1.29 is 22.4 Å². The van der Waals surface area contributed by atoms with Crippen LogP contribution in [0, 0.1) is 5.82 Å². The number of amides is 1. The number of halogens is 4. The van der Waals surface area contributed by atoms with Crippen LogP contribution in [0.3, 0.4) is 0 Å². The Labute approximate surface area is 155 Å². The van der Waals surface area contributed by atoms with Crippen molar-refractivity contribution in [1.82, 2.24) is 5.32 Å². The molecule has 0 aromatic heterocycles. The summed E-state index contributed by atoms with van der Waals surface area (Å²) < 4.78 is 52.2. The maximum Gasteiger partial charge on any atom is 0.416 e. The number of carbonyl (C=O) groups is 1. The lowest BCUT2D eigenvalue weighted by atomic mass is 9.68. The van der Waals surface area contributed by atoms with E-state index in [-0.39, 0.29) is 18.0 Å². The average molecular weight is 379 g/mol. The van der Waals surface area contributed by atoms with Crippen LogP contribution in [0.4, 0.5) is 17.6 Å². The van der Waals surface area contributed by atoms with E-state index in [1.807, 2.05) is 30.3 Å². The molecule has 0 unspecified atom stereocenters. The molecular formula is C21H21F4NO. The van der Waals surface area contributed by atoms with Crippen LogP contribution in [0.5, 0.6) is 0 Å². The molecule has 0 bridgehead atoms. The van der Waals surface area contributed by atoms with Crippen LogP contribution >= 0.6 is 0 Å². The minimum atomic E-state index is -4.63. The van der Waals surface area contributed by atoms with E-state index in [2.05, 4.69) is 5.32 Å². The van der Waals surface area contributed by atoms with E-state index in [9.17, 15) is 22.4 Å². The van der Waals surface area contributed by atoms with Gasteiger partial charge in [-0.2, -0.15) is 13.2 Å². The van der Waals surface area contributed by atoms with Gasteiger partial charge in [0.2, 0.25) is 5.91 Å². The Morgan fingerprint density at radius 3 is 2.30 bits per heavy atom. The number of benzene rings is 2. The Morgan fingerprint density at radius 2 is 1.67 bits per heavy atom. The quantitative estimate of drug-likeness (QED) is 0.712. The van der Waals surface area contributed by atoms with E-state index in [1.165, 1.54) is 0 Å². The summed E-state index contributed by atoms with van der Waals surface area (Å²) in [6.07, 6.45) is -0.350. The third kappa shape index (κ3) is 4.31. The van der Waals surface area contributed by atoms with Crippen molar-refractivity contribution in [2.75, 3.05) is 0 Å². The molecule has 3 rings (SSSR count). The zero-order chi connectivity index (χ0) is 19.5. The Bertz CT molecular complexity index is 796. The SMILES string of the molecule is O=C(NCc1cc(F)cc(C(F)(F)F)c1)C1(c2ccccc2)CCCCC1. The largest absolute Gasteiger partial charge is 0.416 e. The third-order valence-corrected chi connectivity index (χ3v) is 5.21. The van der Waals surface area contributed by atoms with Crippen LogP contribution in [-0.4, -0.2) is 5.91 Å². The molecular weight excluding hydrogens is 358 g/mol. The number of carbonyl (C=O) groups excluding carboxylic acids is 1. The van der Waals surface area contributed by atoms with Gasteiger partial charge in [0, 0.05) is 6.54 Å². The van der Waals surface area contributed by atoms with Gasteiger partial charge in [0.1, 0.15) is 5.82 Å². The maximum atomic E-state index is 13.6. The molecule has 6 heteroatoms. The fourth-order valence-corrected chi connectivity index (χ4v) is 3.83. The second-order valence-electron chi connectivity index (χ2n) is 7.04. The van der Waals surface area contributed by atoms with Gasteiger partial charge >= 0.3 is 6.18 Å². The minimum Gasteiger partial charge on any atom is -0.351 e. The van der Waals surface area contributed by atoms with Gasteiger partial charge in [-0.15, -0.1) is 0 Å². The van der Waals surface area contributed by atoms with E-state index in [0.717, 1.165) is 37.0 Å². The standard InChI is InChI=1S/C21H21F4NO/c22-18-12-15(11-17(13-18)21(23,24)25)14-26-19(27)20(9-5-2-6-10-20)16-7-3-1-4-8-16/h1,3-4,7-8,11-13H,2,5-6,9-10,14H2,(H,26,27). The molecule has 0 atom stereocenters. The molecule has 1 N–H and O–H groups in total. The summed E-state index contributed by atoms with van der Waals surface area (Å²) in [5.74, 6) is -1.18. The second kappa shape index (κ2) is 7.71. The first-order valence-corrected chi connectivity index (χ1v) is 9.02. The van der Waals surface area contributed by atoms with Crippen molar-refractivity contribution in [3.63, 3.8) is 0 Å². The van der Waals surface area contributed by atoms with Crippen LogP contribution in [0.15, 0.2) is 48.5 Å². The fourth-order valence-electron chi connectivity index (χ4n) is 3.83. The molecule has 1 aliphatic carbocycles. The summed E-state index contributed by atoms with van der Waals surface area (Å²) in [7, 11) is 0. The van der Waals surface area contributed by atoms with Crippen molar-refractivity contribution >= 4 is 5.91 Å². The highest BCUT2D eigenvalue weighted by Crippen LogP contribution is 2.39. The Balaban J connectivity index is 1.80. The van der Waals surface area contributed by atoms with Gasteiger partial charge in [-0.1, -0.05) is 49.6 Å². The normalized spacial score (nSPS) is 16.7. The molecule has 1 fully saturated rings. The van der Waals surface area contributed by atoms with Gasteiger partial charge in [-0.05, 0) is 42.2 Å². The summed E-state index contributed by atoms with van der Waals surface area (Å²) >= 11 is 0. The van der Waals surface area contributed by atoms with Gasteiger partial charge in [0.25, 0.3) is 0 Å². The number of hydrogen-bond acceptors (Lipinski definition) is 1. The first kappa shape index (κ1) is 19.4. The molecule has 0 aliphatic heterocycles. The van der Waals surface area contributed by atoms with E-state index in [0.29, 0.717) is 18.9 Å². The van der Waals surface area contributed by atoms with Gasteiger partial charge in [-0.3, -0.25) is 4.79 Å². The van der Waals surface area contributed by atoms with E-state index in [4.69, 9.17) is 0 Å². The first-order valence-electron chi connectivity index (χ1n) is 9.02. The minimum absolute atomic E-state index is 0.0923. The molecule has 0 spiro atoms. The molecule has 2 nitrogen and oxygen atoms in total. The Morgan fingerprint density at radius 1 is 1.00 bits per heavy atom. The molecule has 144 valence electrons. The van der Waals surface area contributed by atoms with E-state index < -0.39 is 23.0 Å². The van der Waals surface area contributed by atoms with Crippen molar-refractivity contribution in [3.05, 3.63) is 71.0 Å². The first-order chi connectivity index (χ1) is 12.8. The highest BCUT2D eigenvalue weighted by Gasteiger charge is 2.40. The van der Waals surface area contributed by atoms with Gasteiger partial charge in [0.15, 0.2) is 0 Å². The fraction of sp³-hybridized carbons (Fsp3) is 0.381. The van der Waals surface area contributed by atoms with Crippen molar-refractivity contribution in [3.8, 4) is 0 Å². The van der Waals surface area contributed by atoms with Crippen LogP contribution in [0.25, 0.3) is 0 Å². The topological polar surface area (TPSA) is 29.1 Å². The van der Waals surface area contributed by atoms with Crippen LogP contribution in [-0.2, 0) is 22.9 Å². The lowest BCUT2D eigenvalue weighted by molar-refractivity contribution is -0.137. The highest BCUT2D eigenvalue weighted by atomic mass is 19.4. The lowest BCUT2D eigenvalue weighted by Crippen LogP contribution is -2.45. The van der Waals surface area contributed by atoms with Gasteiger partial charge in [0.05, 0.1) is 11.0 Å². The molecule has 0 saturated heterocycles. The molecule has 27 heavy (non-hydrogen) atoms. The molecule has 0 radical (unpaired) electrons. The maximum absolute atomic E-state index is 13.6. The van der Waals surface area contributed by atoms with Crippen LogP contribution in [0.2, 0.25) is 0 Å². The molecule has 1 aliphatic rings. The molecule has 2 aromatic rings. The Hall–Kier alpha value is -2.37. The highest BCUT2D eigenvalue weighted by molar-refractivity contribution is 5.88. The smallest absolute Gasteiger partial charge is 0.351 e. The predicted molar refractivity (Wildman–Crippen MR) is 94.5 cm³/mol. The van der Waals surface area contributed by atoms with Crippen molar-refractivity contribution in [1.29, 1.82) is 0 Å². The monoisotopic (exact) mass is 379 g/mol. The number of alkyl halides is 3.